The summed E-state index contributed by atoms with van der Waals surface area (Å²) >= 11 is 3.50. The van der Waals surface area contributed by atoms with Crippen LogP contribution in [-0.2, 0) is 12.8 Å². The first-order valence-corrected chi connectivity index (χ1v) is 5.82. The second-order valence-corrected chi connectivity index (χ2v) is 4.70. The summed E-state index contributed by atoms with van der Waals surface area (Å²) < 4.78 is 6.59. The van der Waals surface area contributed by atoms with Gasteiger partial charge in [0.1, 0.15) is 6.10 Å². The molecule has 0 bridgehead atoms. The molecule has 3 N–H and O–H groups in total. The van der Waals surface area contributed by atoms with Crippen LogP contribution in [0.4, 0.5) is 0 Å². The summed E-state index contributed by atoms with van der Waals surface area (Å²) in [6.07, 6.45) is 1.64. The van der Waals surface area contributed by atoms with E-state index in [4.69, 9.17) is 10.5 Å². The van der Waals surface area contributed by atoms with Crippen molar-refractivity contribution in [3.63, 3.8) is 0 Å². The number of hydrogen-bond donors (Lipinski definition) is 2. The van der Waals surface area contributed by atoms with E-state index in [0.717, 1.165) is 22.0 Å². The van der Waals surface area contributed by atoms with Crippen LogP contribution in [0.15, 0.2) is 10.5 Å². The van der Waals surface area contributed by atoms with Crippen LogP contribution in [0.1, 0.15) is 18.1 Å². The van der Waals surface area contributed by atoms with E-state index in [1.165, 1.54) is 0 Å². The van der Waals surface area contributed by atoms with Crippen LogP contribution in [0.3, 0.4) is 0 Å². The Morgan fingerprint density at radius 3 is 3.07 bits per heavy atom. The maximum Gasteiger partial charge on any atom is 0.166 e. The topological polar surface area (TPSA) is 55.5 Å². The first kappa shape index (κ1) is 10.8. The van der Waals surface area contributed by atoms with Crippen LogP contribution in [0.5, 0.6) is 11.5 Å². The SMILES string of the molecule is CC1Cc2c(Br)cc(CCN)c(O)c2O1. The minimum absolute atomic E-state index is 0.135. The zero-order chi connectivity index (χ0) is 11.0. The van der Waals surface area contributed by atoms with Crippen LogP contribution < -0.4 is 10.5 Å². The first-order valence-electron chi connectivity index (χ1n) is 5.03. The maximum absolute atomic E-state index is 9.98. The number of rotatable bonds is 2. The average molecular weight is 272 g/mol. The van der Waals surface area contributed by atoms with Gasteiger partial charge in [-0.15, -0.1) is 0 Å². The molecular formula is C11H14BrNO2. The summed E-state index contributed by atoms with van der Waals surface area (Å²) in [7, 11) is 0. The van der Waals surface area contributed by atoms with Gasteiger partial charge < -0.3 is 15.6 Å². The van der Waals surface area contributed by atoms with Gasteiger partial charge in [0.25, 0.3) is 0 Å². The predicted octanol–water partition coefficient (Wildman–Crippen LogP) is 1.98. The quantitative estimate of drug-likeness (QED) is 0.865. The van der Waals surface area contributed by atoms with E-state index in [1.807, 2.05) is 13.0 Å². The van der Waals surface area contributed by atoms with E-state index in [2.05, 4.69) is 15.9 Å². The van der Waals surface area contributed by atoms with Crippen LogP contribution in [0, 0.1) is 0 Å². The van der Waals surface area contributed by atoms with Crippen LogP contribution in [0.2, 0.25) is 0 Å². The fraction of sp³-hybridized carbons (Fsp3) is 0.455. The lowest BCUT2D eigenvalue weighted by atomic mass is 10.0. The smallest absolute Gasteiger partial charge is 0.166 e. The van der Waals surface area contributed by atoms with Gasteiger partial charge in [-0.3, -0.25) is 0 Å². The van der Waals surface area contributed by atoms with E-state index in [1.54, 1.807) is 0 Å². The molecule has 0 radical (unpaired) electrons. The number of phenolic OH excluding ortho intramolecular Hbond substituents is 1. The Kier molecular flexibility index (Phi) is 2.89. The van der Waals surface area contributed by atoms with E-state index in [9.17, 15) is 5.11 Å². The Balaban J connectivity index is 2.48. The predicted molar refractivity (Wildman–Crippen MR) is 62.4 cm³/mol. The second kappa shape index (κ2) is 4.02. The molecule has 15 heavy (non-hydrogen) atoms. The third-order valence-electron chi connectivity index (χ3n) is 2.61. The fourth-order valence-corrected chi connectivity index (χ4v) is 2.52. The van der Waals surface area contributed by atoms with Crippen LogP contribution in [-0.4, -0.2) is 17.8 Å². The van der Waals surface area contributed by atoms with Gasteiger partial charge in [0.2, 0.25) is 0 Å². The molecule has 2 rings (SSSR count). The number of fused-ring (bicyclic) bond motifs is 1. The molecule has 0 saturated carbocycles. The molecule has 82 valence electrons. The molecule has 1 aliphatic heterocycles. The van der Waals surface area contributed by atoms with Crippen molar-refractivity contribution in [3.8, 4) is 11.5 Å². The van der Waals surface area contributed by atoms with Crippen molar-refractivity contribution < 1.29 is 9.84 Å². The minimum atomic E-state index is 0.135. The third kappa shape index (κ3) is 1.84. The largest absolute Gasteiger partial charge is 0.504 e. The molecule has 1 unspecified atom stereocenters. The lowest BCUT2D eigenvalue weighted by Crippen LogP contribution is -2.05. The average Bonchev–Trinajstić information content (AvgIpc) is 2.57. The minimum Gasteiger partial charge on any atom is -0.504 e. The number of halogens is 1. The van der Waals surface area contributed by atoms with E-state index < -0.39 is 0 Å². The van der Waals surface area contributed by atoms with Gasteiger partial charge in [-0.2, -0.15) is 0 Å². The van der Waals surface area contributed by atoms with Gasteiger partial charge in [0.15, 0.2) is 11.5 Å². The molecule has 3 nitrogen and oxygen atoms in total. The van der Waals surface area contributed by atoms with Gasteiger partial charge in [0.05, 0.1) is 0 Å². The molecule has 1 aromatic carbocycles. The lowest BCUT2D eigenvalue weighted by molar-refractivity contribution is 0.244. The normalized spacial score (nSPS) is 18.7. The van der Waals surface area contributed by atoms with Crippen molar-refractivity contribution in [2.24, 2.45) is 5.73 Å². The number of aromatic hydroxyl groups is 1. The van der Waals surface area contributed by atoms with E-state index in [0.29, 0.717) is 18.7 Å². The van der Waals surface area contributed by atoms with Gasteiger partial charge in [-0.1, -0.05) is 15.9 Å². The molecule has 1 heterocycles. The van der Waals surface area contributed by atoms with E-state index >= 15 is 0 Å². The Morgan fingerprint density at radius 2 is 2.40 bits per heavy atom. The molecule has 1 aliphatic rings. The number of phenols is 1. The standard InChI is InChI=1S/C11H14BrNO2/c1-6-4-8-9(12)5-7(2-3-13)10(14)11(8)15-6/h5-6,14H,2-4,13H2,1H3. The van der Waals surface area contributed by atoms with E-state index in [-0.39, 0.29) is 11.9 Å². The summed E-state index contributed by atoms with van der Waals surface area (Å²) in [4.78, 5) is 0. The van der Waals surface area contributed by atoms with Crippen molar-refractivity contribution in [1.82, 2.24) is 0 Å². The molecule has 0 amide bonds. The second-order valence-electron chi connectivity index (χ2n) is 3.85. The first-order chi connectivity index (χ1) is 7.13. The van der Waals surface area contributed by atoms with Gasteiger partial charge >= 0.3 is 0 Å². The summed E-state index contributed by atoms with van der Waals surface area (Å²) in [5, 5.41) is 9.98. The summed E-state index contributed by atoms with van der Waals surface area (Å²) in [6, 6.07) is 1.93. The number of hydrogen-bond acceptors (Lipinski definition) is 3. The fourth-order valence-electron chi connectivity index (χ4n) is 1.90. The van der Waals surface area contributed by atoms with Gasteiger partial charge in [-0.25, -0.2) is 0 Å². The highest BCUT2D eigenvalue weighted by molar-refractivity contribution is 9.10. The van der Waals surface area contributed by atoms with Crippen molar-refractivity contribution in [2.75, 3.05) is 6.54 Å². The van der Waals surface area contributed by atoms with Crippen molar-refractivity contribution >= 4 is 15.9 Å². The van der Waals surface area contributed by atoms with Crippen molar-refractivity contribution in [3.05, 3.63) is 21.7 Å². The highest BCUT2D eigenvalue weighted by Gasteiger charge is 2.26. The van der Waals surface area contributed by atoms with Crippen molar-refractivity contribution in [1.29, 1.82) is 0 Å². The zero-order valence-electron chi connectivity index (χ0n) is 8.59. The van der Waals surface area contributed by atoms with Crippen LogP contribution >= 0.6 is 15.9 Å². The van der Waals surface area contributed by atoms with Gasteiger partial charge in [-0.05, 0) is 26.0 Å². The van der Waals surface area contributed by atoms with Crippen LogP contribution in [0.25, 0.3) is 0 Å². The molecule has 0 saturated heterocycles. The number of ether oxygens (including phenoxy) is 1. The number of nitrogens with two attached hydrogens (primary N) is 1. The Bertz CT molecular complexity index is 393. The highest BCUT2D eigenvalue weighted by atomic mass is 79.9. The molecule has 1 aromatic rings. The Morgan fingerprint density at radius 1 is 1.67 bits per heavy atom. The van der Waals surface area contributed by atoms with Gasteiger partial charge in [0, 0.05) is 22.0 Å². The highest BCUT2D eigenvalue weighted by Crippen LogP contribution is 2.43. The van der Waals surface area contributed by atoms with Crippen molar-refractivity contribution in [2.45, 2.75) is 25.9 Å². The summed E-state index contributed by atoms with van der Waals surface area (Å²) in [6.45, 7) is 2.52. The molecule has 0 aromatic heterocycles. The third-order valence-corrected chi connectivity index (χ3v) is 3.31. The molecule has 4 heteroatoms. The lowest BCUT2D eigenvalue weighted by Gasteiger charge is -2.10. The molecule has 0 aliphatic carbocycles. The molecule has 0 spiro atoms. The number of benzene rings is 1. The summed E-state index contributed by atoms with van der Waals surface area (Å²) in [5.41, 5.74) is 7.39. The zero-order valence-corrected chi connectivity index (χ0v) is 10.2. The molecule has 0 fully saturated rings. The monoisotopic (exact) mass is 271 g/mol. The Labute approximate surface area is 97.4 Å². The molecular weight excluding hydrogens is 258 g/mol. The maximum atomic E-state index is 9.98. The molecule has 1 atom stereocenters. The Hall–Kier alpha value is -0.740. The summed E-state index contributed by atoms with van der Waals surface area (Å²) in [5.74, 6) is 0.878.